The van der Waals surface area contributed by atoms with Gasteiger partial charge in [-0.05, 0) is 35.9 Å². The van der Waals surface area contributed by atoms with Gasteiger partial charge >= 0.3 is 0 Å². The van der Waals surface area contributed by atoms with Crippen molar-refractivity contribution in [3.8, 4) is 0 Å². The summed E-state index contributed by atoms with van der Waals surface area (Å²) in [5, 5.41) is 15.3. The second-order valence-electron chi connectivity index (χ2n) is 5.01. The molecular weight excluding hydrogens is 399 g/mol. The van der Waals surface area contributed by atoms with Crippen molar-refractivity contribution in [3.05, 3.63) is 63.1 Å². The van der Waals surface area contributed by atoms with Gasteiger partial charge in [-0.1, -0.05) is 46.9 Å². The van der Waals surface area contributed by atoms with Crippen molar-refractivity contribution in [2.45, 2.75) is 11.1 Å². The molecule has 2 rings (SSSR count). The Bertz CT molecular complexity index is 722. The Hall–Kier alpha value is -1.40. The minimum Gasteiger partial charge on any atom is -0.373 e. The van der Waals surface area contributed by atoms with E-state index in [0.717, 1.165) is 22.8 Å². The van der Waals surface area contributed by atoms with Gasteiger partial charge in [0.2, 0.25) is 0 Å². The minimum atomic E-state index is 0.0338. The molecule has 1 atom stereocenters. The van der Waals surface area contributed by atoms with E-state index in [-0.39, 0.29) is 5.37 Å². The molecule has 0 heterocycles. The van der Waals surface area contributed by atoms with Gasteiger partial charge in [-0.2, -0.15) is 0 Å². The first-order valence-corrected chi connectivity index (χ1v) is 9.58. The lowest BCUT2D eigenvalue weighted by Crippen LogP contribution is -2.30. The average Bonchev–Trinajstić information content (AvgIpc) is 2.60. The lowest BCUT2D eigenvalue weighted by atomic mass is 10.2. The highest BCUT2D eigenvalue weighted by Gasteiger charge is 2.11. The van der Waals surface area contributed by atoms with E-state index in [2.05, 4.69) is 15.6 Å². The molecule has 0 amide bonds. The summed E-state index contributed by atoms with van der Waals surface area (Å²) in [4.78, 5) is 3.72. The zero-order valence-electron chi connectivity index (χ0n) is 13.2. The first-order chi connectivity index (χ1) is 12.1. The van der Waals surface area contributed by atoms with E-state index in [1.807, 2.05) is 30.3 Å². The zero-order chi connectivity index (χ0) is 18.1. The summed E-state index contributed by atoms with van der Waals surface area (Å²) in [7, 11) is 0. The van der Waals surface area contributed by atoms with Crippen molar-refractivity contribution >= 4 is 64.9 Å². The summed E-state index contributed by atoms with van der Waals surface area (Å²) in [6, 6.07) is 13.1. The van der Waals surface area contributed by atoms with Crippen LogP contribution in [0.25, 0.3) is 0 Å². The largest absolute Gasteiger partial charge is 0.373 e. The van der Waals surface area contributed by atoms with Crippen LogP contribution in [-0.2, 0) is 5.75 Å². The fourth-order valence-corrected chi connectivity index (χ4v) is 3.56. The third-order valence-corrected chi connectivity index (χ3v) is 5.14. The number of aliphatic imine (C=N–C) groups is 1. The quantitative estimate of drug-likeness (QED) is 0.286. The maximum atomic E-state index is 6.90. The molecule has 4 nitrogen and oxygen atoms in total. The summed E-state index contributed by atoms with van der Waals surface area (Å²) in [5.41, 5.74) is 1.99. The van der Waals surface area contributed by atoms with E-state index >= 15 is 0 Å². The smallest absolute Gasteiger partial charge is 0.108 e. The molecule has 1 unspecified atom stereocenters. The van der Waals surface area contributed by atoms with Crippen LogP contribution in [-0.4, -0.2) is 24.6 Å². The number of benzene rings is 2. The highest BCUT2D eigenvalue weighted by atomic mass is 35.5. The minimum absolute atomic E-state index is 0.0338. The normalized spacial score (nSPS) is 12.1. The van der Waals surface area contributed by atoms with Crippen molar-refractivity contribution in [1.82, 2.24) is 5.32 Å². The molecule has 0 aliphatic rings. The Kier molecular flexibility index (Phi) is 8.41. The molecule has 8 heteroatoms. The van der Waals surface area contributed by atoms with Crippen LogP contribution in [0.2, 0.25) is 15.1 Å². The lowest BCUT2D eigenvalue weighted by Gasteiger charge is -2.20. The van der Waals surface area contributed by atoms with Crippen LogP contribution < -0.4 is 10.6 Å². The van der Waals surface area contributed by atoms with Gasteiger partial charge in [0.25, 0.3) is 0 Å². The van der Waals surface area contributed by atoms with Crippen LogP contribution >= 0.6 is 46.6 Å². The number of rotatable bonds is 9. The molecule has 25 heavy (non-hydrogen) atoms. The molecule has 3 N–H and O–H groups in total. The topological polar surface area (TPSA) is 60.3 Å². The van der Waals surface area contributed by atoms with Gasteiger partial charge in [-0.3, -0.25) is 5.41 Å². The van der Waals surface area contributed by atoms with Crippen LogP contribution in [0.3, 0.4) is 0 Å². The number of thioether (sulfide) groups is 1. The Morgan fingerprint density at radius 1 is 1.08 bits per heavy atom. The molecule has 0 aliphatic carbocycles. The standard InChI is InChI=1S/C17H17Cl3N4S/c18-13-3-1-12(2-4-13)9-25-17(8-22-11-23-10-21)24-16-6-5-14(19)7-15(16)20/h1-7,10-11,17,24H,8-9H2,(H2,21,22,23). The fraction of sp³-hybridized carbons (Fsp3) is 0.176. The molecule has 0 radical (unpaired) electrons. The van der Waals surface area contributed by atoms with Crippen molar-refractivity contribution in [2.75, 3.05) is 11.9 Å². The second-order valence-corrected chi connectivity index (χ2v) is 7.48. The van der Waals surface area contributed by atoms with Gasteiger partial charge in [0.15, 0.2) is 0 Å². The van der Waals surface area contributed by atoms with Gasteiger partial charge in [-0.15, -0.1) is 11.8 Å². The number of halogens is 3. The Balaban J connectivity index is 2.01. The molecule has 0 bridgehead atoms. The summed E-state index contributed by atoms with van der Waals surface area (Å²) in [6.45, 7) is 0.606. The Labute approximate surface area is 166 Å². The first-order valence-electron chi connectivity index (χ1n) is 7.40. The maximum Gasteiger partial charge on any atom is 0.108 e. The highest BCUT2D eigenvalue weighted by Crippen LogP contribution is 2.28. The van der Waals surface area contributed by atoms with Gasteiger partial charge in [0.05, 0.1) is 22.4 Å². The van der Waals surface area contributed by atoms with E-state index in [1.165, 1.54) is 11.9 Å². The van der Waals surface area contributed by atoms with Crippen LogP contribution in [0.5, 0.6) is 0 Å². The molecule has 0 spiro atoms. The number of hydrogen-bond acceptors (Lipinski definition) is 3. The summed E-state index contributed by atoms with van der Waals surface area (Å²) in [5.74, 6) is 0.809. The van der Waals surface area contributed by atoms with E-state index in [9.17, 15) is 0 Å². The molecule has 2 aromatic carbocycles. The molecule has 132 valence electrons. The summed E-state index contributed by atoms with van der Waals surface area (Å²) >= 11 is 19.8. The van der Waals surface area contributed by atoms with Gasteiger partial charge in [0.1, 0.15) is 6.34 Å². The molecule has 2 aromatic rings. The lowest BCUT2D eigenvalue weighted by molar-refractivity contribution is 0.877. The van der Waals surface area contributed by atoms with Crippen LogP contribution in [0, 0.1) is 5.41 Å². The van der Waals surface area contributed by atoms with Crippen LogP contribution in [0.1, 0.15) is 5.56 Å². The molecule has 0 aromatic heterocycles. The van der Waals surface area contributed by atoms with Gasteiger partial charge < -0.3 is 10.6 Å². The van der Waals surface area contributed by atoms with E-state index < -0.39 is 0 Å². The van der Waals surface area contributed by atoms with Crippen molar-refractivity contribution in [1.29, 1.82) is 5.41 Å². The highest BCUT2D eigenvalue weighted by molar-refractivity contribution is 7.99. The Morgan fingerprint density at radius 2 is 1.80 bits per heavy atom. The SMILES string of the molecule is N=C/N=C\NCC(Nc1ccc(Cl)cc1Cl)SCc1ccc(Cl)cc1. The Morgan fingerprint density at radius 3 is 2.48 bits per heavy atom. The molecule has 0 aliphatic heterocycles. The third kappa shape index (κ3) is 7.16. The van der Waals surface area contributed by atoms with Gasteiger partial charge in [-0.25, -0.2) is 4.99 Å². The summed E-state index contributed by atoms with van der Waals surface area (Å²) in [6.07, 6.45) is 2.47. The van der Waals surface area contributed by atoms with Crippen molar-refractivity contribution in [2.24, 2.45) is 4.99 Å². The zero-order valence-corrected chi connectivity index (χ0v) is 16.3. The first kappa shape index (κ1) is 19.9. The number of nitrogens with one attached hydrogen (secondary N) is 3. The number of nitrogens with zero attached hydrogens (tertiary/aromatic N) is 1. The monoisotopic (exact) mass is 414 g/mol. The number of anilines is 1. The van der Waals surface area contributed by atoms with Crippen molar-refractivity contribution in [3.63, 3.8) is 0 Å². The van der Waals surface area contributed by atoms with E-state index in [0.29, 0.717) is 16.6 Å². The van der Waals surface area contributed by atoms with E-state index in [4.69, 9.17) is 40.2 Å². The van der Waals surface area contributed by atoms with Crippen molar-refractivity contribution < 1.29 is 0 Å². The molecular formula is C17H17Cl3N4S. The molecule has 0 fully saturated rings. The predicted octanol–water partition coefficient (Wildman–Crippen LogP) is 5.54. The van der Waals surface area contributed by atoms with E-state index in [1.54, 1.807) is 23.9 Å². The predicted molar refractivity (Wildman–Crippen MR) is 112 cm³/mol. The average molecular weight is 416 g/mol. The van der Waals surface area contributed by atoms with Gasteiger partial charge in [0, 0.05) is 22.3 Å². The fourth-order valence-electron chi connectivity index (χ4n) is 1.96. The summed E-state index contributed by atoms with van der Waals surface area (Å²) < 4.78 is 0. The van der Waals surface area contributed by atoms with Crippen LogP contribution in [0.4, 0.5) is 5.69 Å². The number of hydrogen-bond donors (Lipinski definition) is 3. The van der Waals surface area contributed by atoms with Crippen LogP contribution in [0.15, 0.2) is 47.5 Å². The maximum absolute atomic E-state index is 6.90. The molecule has 0 saturated carbocycles. The second kappa shape index (κ2) is 10.6. The third-order valence-electron chi connectivity index (χ3n) is 3.16. The molecule has 0 saturated heterocycles.